The third kappa shape index (κ3) is 4.58. The number of rotatable bonds is 9. The van der Waals surface area contributed by atoms with Crippen LogP contribution in [0.15, 0.2) is 30.5 Å². The van der Waals surface area contributed by atoms with Crippen LogP contribution < -0.4 is 0 Å². The third-order valence-corrected chi connectivity index (χ3v) is 3.92. The maximum Gasteiger partial charge on any atom is 0.308 e. The Balaban J connectivity index is 2.13. The largest absolute Gasteiger partial charge is 0.481 e. The molecule has 24 heavy (non-hydrogen) atoms. The van der Waals surface area contributed by atoms with Crippen molar-refractivity contribution in [2.24, 2.45) is 5.92 Å². The molecule has 1 heterocycles. The number of ether oxygens (including phenoxy) is 1. The topological polar surface area (TPSA) is 82.6 Å². The number of fused-ring (bicyclic) bond motifs is 1. The first-order valence-corrected chi connectivity index (χ1v) is 8.20. The lowest BCUT2D eigenvalue weighted by Gasteiger charge is -2.24. The quantitative estimate of drug-likeness (QED) is 0.692. The van der Waals surface area contributed by atoms with Gasteiger partial charge in [0.1, 0.15) is 0 Å². The van der Waals surface area contributed by atoms with Gasteiger partial charge in [-0.05, 0) is 37.6 Å². The van der Waals surface area contributed by atoms with Crippen LogP contribution in [-0.2, 0) is 9.53 Å². The normalized spacial score (nSPS) is 12.2. The number of amides is 1. The van der Waals surface area contributed by atoms with Crippen LogP contribution in [0.25, 0.3) is 10.9 Å². The Morgan fingerprint density at radius 1 is 1.33 bits per heavy atom. The van der Waals surface area contributed by atoms with Crippen molar-refractivity contribution in [3.8, 4) is 0 Å². The zero-order valence-corrected chi connectivity index (χ0v) is 14.1. The van der Waals surface area contributed by atoms with Crippen molar-refractivity contribution in [1.29, 1.82) is 0 Å². The summed E-state index contributed by atoms with van der Waals surface area (Å²) in [5.74, 6) is -1.67. The molecule has 2 N–H and O–H groups in total. The number of carbonyl (C=O) groups excluding carboxylic acids is 1. The van der Waals surface area contributed by atoms with Gasteiger partial charge < -0.3 is 19.7 Å². The summed E-state index contributed by atoms with van der Waals surface area (Å²) in [5, 5.41) is 10.1. The summed E-state index contributed by atoms with van der Waals surface area (Å²) >= 11 is 0. The fraction of sp³-hybridized carbons (Fsp3) is 0.444. The van der Waals surface area contributed by atoms with E-state index in [1.54, 1.807) is 17.9 Å². The number of carboxylic acids is 1. The van der Waals surface area contributed by atoms with Crippen molar-refractivity contribution in [3.63, 3.8) is 0 Å². The molecule has 0 aliphatic carbocycles. The molecule has 0 radical (unpaired) electrons. The summed E-state index contributed by atoms with van der Waals surface area (Å²) in [7, 11) is 0. The Morgan fingerprint density at radius 2 is 2.12 bits per heavy atom. The highest BCUT2D eigenvalue weighted by atomic mass is 16.5. The molecule has 0 spiro atoms. The second-order valence-electron chi connectivity index (χ2n) is 5.82. The Bertz CT molecular complexity index is 695. The summed E-state index contributed by atoms with van der Waals surface area (Å²) in [4.78, 5) is 28.7. The summed E-state index contributed by atoms with van der Waals surface area (Å²) in [6, 6.07) is 7.37. The average molecular weight is 332 g/mol. The van der Waals surface area contributed by atoms with Crippen LogP contribution in [-0.4, -0.2) is 53.2 Å². The van der Waals surface area contributed by atoms with E-state index in [4.69, 9.17) is 9.84 Å². The van der Waals surface area contributed by atoms with Gasteiger partial charge in [-0.3, -0.25) is 9.59 Å². The molecule has 130 valence electrons. The van der Waals surface area contributed by atoms with E-state index in [1.807, 2.05) is 31.3 Å². The fourth-order valence-corrected chi connectivity index (χ4v) is 2.56. The summed E-state index contributed by atoms with van der Waals surface area (Å²) < 4.78 is 5.31. The van der Waals surface area contributed by atoms with E-state index in [0.29, 0.717) is 31.7 Å². The van der Waals surface area contributed by atoms with Gasteiger partial charge >= 0.3 is 5.97 Å². The summed E-state index contributed by atoms with van der Waals surface area (Å²) in [6.07, 6.45) is 2.50. The predicted molar refractivity (Wildman–Crippen MR) is 92.1 cm³/mol. The fourth-order valence-electron chi connectivity index (χ4n) is 2.56. The number of aliphatic carboxylic acids is 1. The number of hydrogen-bond donors (Lipinski definition) is 2. The van der Waals surface area contributed by atoms with E-state index >= 15 is 0 Å². The van der Waals surface area contributed by atoms with E-state index < -0.39 is 11.9 Å². The van der Waals surface area contributed by atoms with Gasteiger partial charge in [0.05, 0.1) is 5.92 Å². The minimum Gasteiger partial charge on any atom is -0.481 e. The van der Waals surface area contributed by atoms with Crippen molar-refractivity contribution in [1.82, 2.24) is 9.88 Å². The van der Waals surface area contributed by atoms with Gasteiger partial charge in [-0.15, -0.1) is 0 Å². The maximum atomic E-state index is 12.8. The third-order valence-electron chi connectivity index (χ3n) is 3.92. The minimum atomic E-state index is -0.904. The van der Waals surface area contributed by atoms with E-state index in [-0.39, 0.29) is 12.5 Å². The van der Waals surface area contributed by atoms with Crippen LogP contribution in [0.2, 0.25) is 0 Å². The van der Waals surface area contributed by atoms with Crippen LogP contribution in [0.5, 0.6) is 0 Å². The Labute approximate surface area is 141 Å². The lowest BCUT2D eigenvalue weighted by molar-refractivity contribution is -0.141. The average Bonchev–Trinajstić information content (AvgIpc) is 3.04. The number of H-pyrrole nitrogens is 1. The Morgan fingerprint density at radius 3 is 2.83 bits per heavy atom. The Hall–Kier alpha value is -2.34. The van der Waals surface area contributed by atoms with Gasteiger partial charge in [-0.2, -0.15) is 0 Å². The number of carboxylic acid groups (broad SMARTS) is 1. The smallest absolute Gasteiger partial charge is 0.308 e. The van der Waals surface area contributed by atoms with E-state index in [2.05, 4.69) is 4.98 Å². The number of carbonyl (C=O) groups is 2. The number of benzene rings is 1. The number of hydrogen-bond acceptors (Lipinski definition) is 3. The van der Waals surface area contributed by atoms with Gasteiger partial charge in [0.25, 0.3) is 5.91 Å². The molecule has 1 atom stereocenters. The van der Waals surface area contributed by atoms with Crippen molar-refractivity contribution >= 4 is 22.8 Å². The number of nitrogens with zero attached hydrogens (tertiary/aromatic N) is 1. The zero-order valence-electron chi connectivity index (χ0n) is 14.1. The van der Waals surface area contributed by atoms with Gasteiger partial charge in [-0.25, -0.2) is 0 Å². The van der Waals surface area contributed by atoms with Gasteiger partial charge in [-0.1, -0.05) is 6.92 Å². The zero-order chi connectivity index (χ0) is 17.5. The Kier molecular flexibility index (Phi) is 6.37. The number of aromatic nitrogens is 1. The molecule has 1 aromatic heterocycles. The van der Waals surface area contributed by atoms with Gasteiger partial charge in [0, 0.05) is 49.0 Å². The van der Waals surface area contributed by atoms with Crippen molar-refractivity contribution in [3.05, 3.63) is 36.0 Å². The second kappa shape index (κ2) is 8.49. The molecule has 0 aliphatic heterocycles. The van der Waals surface area contributed by atoms with Crippen molar-refractivity contribution < 1.29 is 19.4 Å². The molecule has 6 nitrogen and oxygen atoms in total. The molecule has 2 rings (SSSR count). The molecule has 0 saturated heterocycles. The highest BCUT2D eigenvalue weighted by Gasteiger charge is 2.21. The lowest BCUT2D eigenvalue weighted by atomic mass is 10.1. The molecule has 0 fully saturated rings. The number of aromatic amines is 1. The van der Waals surface area contributed by atoms with Crippen LogP contribution in [0.1, 0.15) is 30.6 Å². The molecule has 0 bridgehead atoms. The van der Waals surface area contributed by atoms with Crippen LogP contribution >= 0.6 is 0 Å². The molecule has 2 aromatic rings. The van der Waals surface area contributed by atoms with Crippen molar-refractivity contribution in [2.45, 2.75) is 20.3 Å². The molecule has 1 unspecified atom stereocenters. The van der Waals surface area contributed by atoms with Crippen molar-refractivity contribution in [2.75, 3.05) is 26.3 Å². The van der Waals surface area contributed by atoms with E-state index in [9.17, 15) is 9.59 Å². The monoisotopic (exact) mass is 332 g/mol. The molecule has 0 aliphatic rings. The van der Waals surface area contributed by atoms with Crippen LogP contribution in [0.4, 0.5) is 0 Å². The van der Waals surface area contributed by atoms with E-state index in [0.717, 1.165) is 10.9 Å². The van der Waals surface area contributed by atoms with Gasteiger partial charge in [0.2, 0.25) is 0 Å². The highest BCUT2D eigenvalue weighted by molar-refractivity contribution is 5.98. The molecule has 1 amide bonds. The van der Waals surface area contributed by atoms with Crippen LogP contribution in [0, 0.1) is 5.92 Å². The number of nitrogens with one attached hydrogen (secondary N) is 1. The van der Waals surface area contributed by atoms with E-state index in [1.165, 1.54) is 0 Å². The minimum absolute atomic E-state index is 0.150. The lowest BCUT2D eigenvalue weighted by Crippen LogP contribution is -2.38. The molecule has 0 saturated carbocycles. The second-order valence-corrected chi connectivity index (χ2v) is 5.82. The first-order valence-electron chi connectivity index (χ1n) is 8.20. The van der Waals surface area contributed by atoms with Gasteiger partial charge in [0.15, 0.2) is 0 Å². The molecule has 6 heteroatoms. The first kappa shape index (κ1) is 18.0. The SMILES string of the molecule is CCOCCCN(CC(C)C(=O)O)C(=O)c1ccc2[nH]ccc2c1. The highest BCUT2D eigenvalue weighted by Crippen LogP contribution is 2.16. The first-order chi connectivity index (χ1) is 11.5. The van der Waals surface area contributed by atoms with Crippen LogP contribution in [0.3, 0.4) is 0 Å². The molecular weight excluding hydrogens is 308 g/mol. The molecule has 1 aromatic carbocycles. The summed E-state index contributed by atoms with van der Waals surface area (Å²) in [5.41, 5.74) is 1.53. The predicted octanol–water partition coefficient (Wildman–Crippen LogP) is 2.76. The maximum absolute atomic E-state index is 12.8. The summed E-state index contributed by atoms with van der Waals surface area (Å²) in [6.45, 7) is 5.37. The molecular formula is C18H24N2O4. The standard InChI is InChI=1S/C18H24N2O4/c1-3-24-10-4-9-20(12-13(2)18(22)23)17(21)15-5-6-16-14(11-15)7-8-19-16/h5-8,11,13,19H,3-4,9-10,12H2,1-2H3,(H,22,23).